The molecule has 0 aliphatic carbocycles. The Labute approximate surface area is 123 Å². The second-order valence-corrected chi connectivity index (χ2v) is 6.21. The first-order valence-corrected chi connectivity index (χ1v) is 7.74. The van der Waals surface area contributed by atoms with Gasteiger partial charge >= 0.3 is 20.0 Å². The van der Waals surface area contributed by atoms with Gasteiger partial charge in [0.05, 0.1) is 0 Å². The summed E-state index contributed by atoms with van der Waals surface area (Å²) >= 11 is 0. The molecule has 3 unspecified atom stereocenters. The van der Waals surface area contributed by atoms with Gasteiger partial charge in [0.1, 0.15) is 5.92 Å². The molecule has 0 aliphatic heterocycles. The van der Waals surface area contributed by atoms with Crippen LogP contribution >= 0.6 is 8.03 Å². The average Bonchev–Trinajstić information content (AvgIpc) is 2.39. The summed E-state index contributed by atoms with van der Waals surface area (Å²) in [5.74, 6) is -3.52. The van der Waals surface area contributed by atoms with Crippen molar-refractivity contribution in [2.75, 3.05) is 0 Å². The number of carboxylic acids is 2. The van der Waals surface area contributed by atoms with E-state index in [9.17, 15) is 24.2 Å². The maximum Gasteiger partial charge on any atom is 0.509 e. The van der Waals surface area contributed by atoms with Crippen molar-refractivity contribution in [3.63, 3.8) is 0 Å². The maximum absolute atomic E-state index is 11.5. The molecular formula is C14H18O6P+. The lowest BCUT2D eigenvalue weighted by Gasteiger charge is -2.14. The van der Waals surface area contributed by atoms with Crippen LogP contribution in [0.2, 0.25) is 0 Å². The van der Waals surface area contributed by atoms with Gasteiger partial charge in [0.15, 0.2) is 0 Å². The van der Waals surface area contributed by atoms with Crippen LogP contribution in [0.3, 0.4) is 0 Å². The second-order valence-electron chi connectivity index (χ2n) is 4.94. The van der Waals surface area contributed by atoms with Crippen molar-refractivity contribution in [1.29, 1.82) is 0 Å². The predicted octanol–water partition coefficient (Wildman–Crippen LogP) is 2.21. The highest BCUT2D eigenvalue weighted by atomic mass is 31.1. The van der Waals surface area contributed by atoms with Crippen LogP contribution in [0.4, 0.5) is 0 Å². The number of aliphatic carboxylic acids is 2. The molecule has 0 amide bonds. The molecule has 1 aromatic rings. The van der Waals surface area contributed by atoms with Crippen LogP contribution in [0.25, 0.3) is 0 Å². The molecular weight excluding hydrogens is 295 g/mol. The summed E-state index contributed by atoms with van der Waals surface area (Å²) in [6, 6.07) is 7.22. The monoisotopic (exact) mass is 313 g/mol. The van der Waals surface area contributed by atoms with Crippen LogP contribution in [0, 0.1) is 12.8 Å². The molecule has 7 heteroatoms. The number of hydrogen-bond donors (Lipinski definition) is 3. The first-order valence-electron chi connectivity index (χ1n) is 6.46. The number of hydrogen-bond acceptors (Lipinski definition) is 3. The third-order valence-corrected chi connectivity index (χ3v) is 4.41. The minimum absolute atomic E-state index is 0.128. The molecule has 0 aromatic heterocycles. The van der Waals surface area contributed by atoms with E-state index in [-0.39, 0.29) is 19.3 Å². The molecule has 0 aliphatic rings. The van der Waals surface area contributed by atoms with Gasteiger partial charge in [-0.3, -0.25) is 9.59 Å². The Balaban J connectivity index is 2.91. The Morgan fingerprint density at radius 3 is 2.19 bits per heavy atom. The minimum Gasteiger partial charge on any atom is -0.481 e. The second kappa shape index (κ2) is 7.86. The molecule has 114 valence electrons. The van der Waals surface area contributed by atoms with E-state index in [1.54, 1.807) is 12.1 Å². The molecule has 0 saturated carbocycles. The fourth-order valence-electron chi connectivity index (χ4n) is 2.10. The number of carboxylic acid groups (broad SMARTS) is 2. The third-order valence-electron chi connectivity index (χ3n) is 3.30. The van der Waals surface area contributed by atoms with E-state index in [0.29, 0.717) is 0 Å². The van der Waals surface area contributed by atoms with Crippen LogP contribution in [-0.2, 0) is 20.6 Å². The molecule has 3 atom stereocenters. The number of aryl methyl sites for hydroxylation is 1. The molecule has 0 saturated heterocycles. The first kappa shape index (κ1) is 17.3. The molecule has 0 fully saturated rings. The van der Waals surface area contributed by atoms with Crippen LogP contribution < -0.4 is 0 Å². The molecule has 21 heavy (non-hydrogen) atoms. The van der Waals surface area contributed by atoms with E-state index < -0.39 is 31.5 Å². The summed E-state index contributed by atoms with van der Waals surface area (Å²) in [6.45, 7) is 1.90. The molecule has 1 aromatic carbocycles. The Morgan fingerprint density at radius 1 is 1.19 bits per heavy atom. The highest BCUT2D eigenvalue weighted by Crippen LogP contribution is 2.34. The highest BCUT2D eigenvalue weighted by Gasteiger charge is 2.42. The Morgan fingerprint density at radius 2 is 1.76 bits per heavy atom. The van der Waals surface area contributed by atoms with E-state index in [2.05, 4.69) is 0 Å². The van der Waals surface area contributed by atoms with Crippen molar-refractivity contribution >= 4 is 20.0 Å². The first-order chi connectivity index (χ1) is 9.81. The summed E-state index contributed by atoms with van der Waals surface area (Å²) in [4.78, 5) is 31.3. The van der Waals surface area contributed by atoms with Crippen LogP contribution in [0.5, 0.6) is 0 Å². The standard InChI is InChI=1S/C14H17O6P/c1-9-2-4-10(5-3-9)8-12(21(19)20)11(14(17)18)6-7-13(15)16/h2-5,11-12H,6-8H2,1H3,(H2-,15,16,17,18,19,20)/p+1. The van der Waals surface area contributed by atoms with Gasteiger partial charge in [-0.2, -0.15) is 4.89 Å². The summed E-state index contributed by atoms with van der Waals surface area (Å²) in [5.41, 5.74) is 0.786. The SMILES string of the molecule is Cc1ccc(CC(C(CCC(=O)O)C(=O)O)[P+](=O)O)cc1. The lowest BCUT2D eigenvalue weighted by atomic mass is 9.94. The molecule has 0 spiro atoms. The van der Waals surface area contributed by atoms with E-state index in [4.69, 9.17) is 5.11 Å². The Kier molecular flexibility index (Phi) is 6.46. The number of rotatable bonds is 8. The topological polar surface area (TPSA) is 112 Å². The zero-order valence-electron chi connectivity index (χ0n) is 11.6. The quantitative estimate of drug-likeness (QED) is 0.634. The zero-order valence-corrected chi connectivity index (χ0v) is 12.5. The fraction of sp³-hybridized carbons (Fsp3) is 0.429. The average molecular weight is 313 g/mol. The van der Waals surface area contributed by atoms with E-state index in [1.807, 2.05) is 19.1 Å². The van der Waals surface area contributed by atoms with Crippen molar-refractivity contribution in [1.82, 2.24) is 0 Å². The van der Waals surface area contributed by atoms with Gasteiger partial charge in [-0.25, -0.2) is 0 Å². The van der Waals surface area contributed by atoms with E-state index >= 15 is 0 Å². The van der Waals surface area contributed by atoms with Crippen molar-refractivity contribution in [2.45, 2.75) is 31.8 Å². The molecule has 0 radical (unpaired) electrons. The van der Waals surface area contributed by atoms with Crippen LogP contribution in [-0.4, -0.2) is 32.7 Å². The van der Waals surface area contributed by atoms with Gasteiger partial charge in [0.25, 0.3) is 0 Å². The van der Waals surface area contributed by atoms with Crippen LogP contribution in [0.15, 0.2) is 24.3 Å². The lowest BCUT2D eigenvalue weighted by molar-refractivity contribution is -0.143. The molecule has 0 bridgehead atoms. The normalized spacial score (nSPS) is 14.3. The maximum atomic E-state index is 11.5. The minimum atomic E-state index is -2.72. The summed E-state index contributed by atoms with van der Waals surface area (Å²) in [5, 5.41) is 17.9. The number of carbonyl (C=O) groups is 2. The summed E-state index contributed by atoms with van der Waals surface area (Å²) < 4.78 is 11.5. The van der Waals surface area contributed by atoms with Crippen molar-refractivity contribution < 1.29 is 29.3 Å². The number of benzene rings is 1. The smallest absolute Gasteiger partial charge is 0.481 e. The van der Waals surface area contributed by atoms with Gasteiger partial charge < -0.3 is 10.2 Å². The van der Waals surface area contributed by atoms with Crippen LogP contribution in [0.1, 0.15) is 24.0 Å². The Bertz CT molecular complexity index is 525. The lowest BCUT2D eigenvalue weighted by Crippen LogP contribution is -2.28. The van der Waals surface area contributed by atoms with Crippen molar-refractivity contribution in [2.24, 2.45) is 5.92 Å². The van der Waals surface area contributed by atoms with Gasteiger partial charge in [0, 0.05) is 12.8 Å². The largest absolute Gasteiger partial charge is 0.509 e. The van der Waals surface area contributed by atoms with Gasteiger partial charge in [0.2, 0.25) is 5.66 Å². The summed E-state index contributed by atoms with van der Waals surface area (Å²) in [6.07, 6.45) is -0.379. The van der Waals surface area contributed by atoms with Gasteiger partial charge in [-0.1, -0.05) is 29.8 Å². The van der Waals surface area contributed by atoms with Crippen molar-refractivity contribution in [3.05, 3.63) is 35.4 Å². The molecule has 3 N–H and O–H groups in total. The fourth-order valence-corrected chi connectivity index (χ4v) is 3.05. The predicted molar refractivity (Wildman–Crippen MR) is 76.5 cm³/mol. The van der Waals surface area contributed by atoms with Gasteiger partial charge in [-0.15, -0.1) is 0 Å². The summed E-state index contributed by atoms with van der Waals surface area (Å²) in [7, 11) is -2.72. The highest BCUT2D eigenvalue weighted by molar-refractivity contribution is 7.39. The Hall–Kier alpha value is -1.78. The zero-order chi connectivity index (χ0) is 16.0. The molecule has 0 heterocycles. The molecule has 6 nitrogen and oxygen atoms in total. The van der Waals surface area contributed by atoms with Gasteiger partial charge in [-0.05, 0) is 23.5 Å². The third kappa shape index (κ3) is 5.61. The van der Waals surface area contributed by atoms with Crippen molar-refractivity contribution in [3.8, 4) is 0 Å². The van der Waals surface area contributed by atoms with E-state index in [0.717, 1.165) is 11.1 Å². The van der Waals surface area contributed by atoms with E-state index in [1.165, 1.54) is 0 Å². The molecule has 1 rings (SSSR count).